The van der Waals surface area contributed by atoms with Gasteiger partial charge in [-0.15, -0.1) is 0 Å². The zero-order valence-electron chi connectivity index (χ0n) is 7.50. The van der Waals surface area contributed by atoms with Gasteiger partial charge in [-0.3, -0.25) is 9.00 Å². The summed E-state index contributed by atoms with van der Waals surface area (Å²) < 4.78 is 10.6. The SMILES string of the molecule is CCC(N)C(=O)NCCS(C)=O. The fourth-order valence-electron chi connectivity index (χ4n) is 0.634. The Morgan fingerprint density at radius 2 is 2.25 bits per heavy atom. The van der Waals surface area contributed by atoms with Crippen molar-refractivity contribution in [3.63, 3.8) is 0 Å². The quantitative estimate of drug-likeness (QED) is 0.600. The van der Waals surface area contributed by atoms with E-state index in [9.17, 15) is 9.00 Å². The summed E-state index contributed by atoms with van der Waals surface area (Å²) >= 11 is 0. The molecule has 2 unspecified atom stereocenters. The van der Waals surface area contributed by atoms with Crippen molar-refractivity contribution in [2.45, 2.75) is 19.4 Å². The molecule has 0 aromatic carbocycles. The molecule has 0 heterocycles. The second-order valence-corrected chi connectivity index (χ2v) is 4.14. The number of amides is 1. The van der Waals surface area contributed by atoms with Crippen LogP contribution in [0.3, 0.4) is 0 Å². The van der Waals surface area contributed by atoms with Crippen LogP contribution in [-0.2, 0) is 15.6 Å². The molecule has 12 heavy (non-hydrogen) atoms. The van der Waals surface area contributed by atoms with E-state index in [0.717, 1.165) is 0 Å². The zero-order chi connectivity index (χ0) is 9.56. The van der Waals surface area contributed by atoms with Crippen LogP contribution in [0.25, 0.3) is 0 Å². The van der Waals surface area contributed by atoms with Gasteiger partial charge in [0.1, 0.15) is 0 Å². The van der Waals surface area contributed by atoms with Crippen molar-refractivity contribution in [2.24, 2.45) is 5.73 Å². The van der Waals surface area contributed by atoms with E-state index in [1.165, 1.54) is 0 Å². The lowest BCUT2D eigenvalue weighted by molar-refractivity contribution is -0.122. The molecule has 0 aliphatic rings. The van der Waals surface area contributed by atoms with E-state index in [4.69, 9.17) is 5.73 Å². The van der Waals surface area contributed by atoms with Crippen LogP contribution in [0.1, 0.15) is 13.3 Å². The summed E-state index contributed by atoms with van der Waals surface area (Å²) in [6.07, 6.45) is 2.23. The highest BCUT2D eigenvalue weighted by atomic mass is 32.2. The minimum atomic E-state index is -0.853. The minimum Gasteiger partial charge on any atom is -0.354 e. The summed E-state index contributed by atoms with van der Waals surface area (Å²) in [5, 5.41) is 2.61. The fraction of sp³-hybridized carbons (Fsp3) is 0.857. The monoisotopic (exact) mass is 192 g/mol. The van der Waals surface area contributed by atoms with Crippen molar-refractivity contribution in [1.82, 2.24) is 5.32 Å². The first-order valence-electron chi connectivity index (χ1n) is 3.91. The van der Waals surface area contributed by atoms with Gasteiger partial charge in [-0.25, -0.2) is 0 Å². The summed E-state index contributed by atoms with van der Waals surface area (Å²) in [4.78, 5) is 11.0. The molecule has 72 valence electrons. The minimum absolute atomic E-state index is 0.164. The average Bonchev–Trinajstić information content (AvgIpc) is 2.02. The molecular weight excluding hydrogens is 176 g/mol. The molecule has 2 atom stereocenters. The number of hydrogen-bond donors (Lipinski definition) is 2. The summed E-state index contributed by atoms with van der Waals surface area (Å²) in [6, 6.07) is -0.435. The number of nitrogens with one attached hydrogen (secondary N) is 1. The van der Waals surface area contributed by atoms with Crippen molar-refractivity contribution in [3.8, 4) is 0 Å². The molecule has 0 aromatic heterocycles. The number of carbonyl (C=O) groups is 1. The molecular formula is C7H16N2O2S. The second kappa shape index (κ2) is 6.14. The Bertz CT molecular complexity index is 173. The zero-order valence-corrected chi connectivity index (χ0v) is 8.32. The first kappa shape index (κ1) is 11.6. The van der Waals surface area contributed by atoms with Gasteiger partial charge >= 0.3 is 0 Å². The molecule has 0 rings (SSSR count). The maximum absolute atomic E-state index is 11.0. The molecule has 0 aliphatic heterocycles. The molecule has 0 aromatic rings. The van der Waals surface area contributed by atoms with Crippen LogP contribution >= 0.6 is 0 Å². The number of rotatable bonds is 5. The van der Waals surface area contributed by atoms with Gasteiger partial charge in [-0.1, -0.05) is 6.92 Å². The Labute approximate surface area is 75.4 Å². The van der Waals surface area contributed by atoms with Crippen LogP contribution in [0, 0.1) is 0 Å². The molecule has 0 radical (unpaired) electrons. The highest BCUT2D eigenvalue weighted by Crippen LogP contribution is 1.84. The fourth-order valence-corrected chi connectivity index (χ4v) is 1.02. The Kier molecular flexibility index (Phi) is 5.92. The van der Waals surface area contributed by atoms with Gasteiger partial charge in [-0.05, 0) is 6.42 Å². The van der Waals surface area contributed by atoms with Gasteiger partial charge < -0.3 is 11.1 Å². The predicted octanol–water partition coefficient (Wildman–Crippen LogP) is -0.782. The van der Waals surface area contributed by atoms with Gasteiger partial charge in [0.15, 0.2) is 0 Å². The van der Waals surface area contributed by atoms with Gasteiger partial charge in [0, 0.05) is 29.4 Å². The smallest absolute Gasteiger partial charge is 0.236 e. The third-order valence-electron chi connectivity index (χ3n) is 1.47. The van der Waals surface area contributed by atoms with Crippen molar-refractivity contribution in [1.29, 1.82) is 0 Å². The molecule has 0 bridgehead atoms. The largest absolute Gasteiger partial charge is 0.354 e. The lowest BCUT2D eigenvalue weighted by atomic mass is 10.2. The van der Waals surface area contributed by atoms with E-state index in [-0.39, 0.29) is 5.91 Å². The van der Waals surface area contributed by atoms with Crippen molar-refractivity contribution >= 4 is 16.7 Å². The third kappa shape index (κ3) is 5.26. The van der Waals surface area contributed by atoms with Crippen LogP contribution < -0.4 is 11.1 Å². The van der Waals surface area contributed by atoms with Gasteiger partial charge in [0.25, 0.3) is 0 Å². The van der Waals surface area contributed by atoms with Crippen LogP contribution in [0.15, 0.2) is 0 Å². The van der Waals surface area contributed by atoms with Crippen molar-refractivity contribution < 1.29 is 9.00 Å². The Morgan fingerprint density at radius 3 is 2.67 bits per heavy atom. The molecule has 0 spiro atoms. The van der Waals surface area contributed by atoms with Crippen molar-refractivity contribution in [3.05, 3.63) is 0 Å². The second-order valence-electron chi connectivity index (χ2n) is 2.58. The van der Waals surface area contributed by atoms with Crippen molar-refractivity contribution in [2.75, 3.05) is 18.6 Å². The average molecular weight is 192 g/mol. The topological polar surface area (TPSA) is 72.2 Å². The van der Waals surface area contributed by atoms with E-state index in [0.29, 0.717) is 18.7 Å². The van der Waals surface area contributed by atoms with Crippen LogP contribution in [-0.4, -0.2) is 34.7 Å². The molecule has 0 saturated carbocycles. The molecule has 0 saturated heterocycles. The Balaban J connectivity index is 3.50. The highest BCUT2D eigenvalue weighted by molar-refractivity contribution is 7.84. The highest BCUT2D eigenvalue weighted by Gasteiger charge is 2.09. The first-order valence-corrected chi connectivity index (χ1v) is 5.64. The Morgan fingerprint density at radius 1 is 1.67 bits per heavy atom. The number of hydrogen-bond acceptors (Lipinski definition) is 3. The molecule has 3 N–H and O–H groups in total. The maximum atomic E-state index is 11.0. The Hall–Kier alpha value is -0.420. The summed E-state index contributed by atoms with van der Waals surface area (Å²) in [5.74, 6) is 0.324. The summed E-state index contributed by atoms with van der Waals surface area (Å²) in [6.45, 7) is 2.29. The first-order chi connectivity index (χ1) is 5.57. The molecule has 4 nitrogen and oxygen atoms in total. The molecule has 5 heteroatoms. The summed E-state index contributed by atoms with van der Waals surface area (Å²) in [7, 11) is -0.853. The van der Waals surface area contributed by atoms with Gasteiger partial charge in [0.05, 0.1) is 6.04 Å². The third-order valence-corrected chi connectivity index (χ3v) is 2.24. The van der Waals surface area contributed by atoms with Gasteiger partial charge in [0.2, 0.25) is 5.91 Å². The number of nitrogens with two attached hydrogens (primary N) is 1. The lowest BCUT2D eigenvalue weighted by Gasteiger charge is -2.08. The van der Waals surface area contributed by atoms with E-state index in [2.05, 4.69) is 5.32 Å². The van der Waals surface area contributed by atoms with E-state index < -0.39 is 16.8 Å². The van der Waals surface area contributed by atoms with E-state index in [1.807, 2.05) is 6.92 Å². The molecule has 0 aliphatic carbocycles. The number of carbonyl (C=O) groups excluding carboxylic acids is 1. The van der Waals surface area contributed by atoms with E-state index in [1.54, 1.807) is 6.26 Å². The van der Waals surface area contributed by atoms with Crippen LogP contribution in [0.2, 0.25) is 0 Å². The standard InChI is InChI=1S/C7H16N2O2S/c1-3-6(8)7(10)9-4-5-12(2)11/h6H,3-5,8H2,1-2H3,(H,9,10). The normalized spacial score (nSPS) is 15.2. The maximum Gasteiger partial charge on any atom is 0.236 e. The van der Waals surface area contributed by atoms with E-state index >= 15 is 0 Å². The predicted molar refractivity (Wildman–Crippen MR) is 50.2 cm³/mol. The van der Waals surface area contributed by atoms with Gasteiger partial charge in [-0.2, -0.15) is 0 Å². The molecule has 0 fully saturated rings. The van der Waals surface area contributed by atoms with Crippen LogP contribution in [0.4, 0.5) is 0 Å². The molecule has 1 amide bonds. The summed E-state index contributed by atoms with van der Waals surface area (Å²) in [5.41, 5.74) is 5.45. The lowest BCUT2D eigenvalue weighted by Crippen LogP contribution is -2.41. The van der Waals surface area contributed by atoms with Crippen LogP contribution in [0.5, 0.6) is 0 Å².